The molecule has 110 valence electrons. The van der Waals surface area contributed by atoms with Crippen LogP contribution in [0.15, 0.2) is 24.3 Å². The number of aliphatic carboxylic acids is 1. The molecule has 2 rings (SSSR count). The number of rotatable bonds is 5. The van der Waals surface area contributed by atoms with Crippen molar-refractivity contribution >= 4 is 5.97 Å². The molecule has 1 saturated carbocycles. The molecule has 0 aliphatic heterocycles. The summed E-state index contributed by atoms with van der Waals surface area (Å²) in [5.74, 6) is -0.325. The average molecular weight is 275 g/mol. The van der Waals surface area contributed by atoms with Crippen LogP contribution in [0.2, 0.25) is 0 Å². The summed E-state index contributed by atoms with van der Waals surface area (Å²) in [4.78, 5) is 10.9. The molecule has 1 aliphatic carbocycles. The Hall–Kier alpha value is -1.35. The normalized spacial score (nSPS) is 24.3. The van der Waals surface area contributed by atoms with Gasteiger partial charge in [-0.3, -0.25) is 4.79 Å². The number of benzene rings is 1. The van der Waals surface area contributed by atoms with Crippen LogP contribution in [0.1, 0.15) is 56.6 Å². The van der Waals surface area contributed by atoms with Gasteiger partial charge in [-0.15, -0.1) is 0 Å². The third-order valence-corrected chi connectivity index (χ3v) is 4.46. The number of carboxylic acid groups (broad SMARTS) is 1. The Morgan fingerprint density at radius 2 is 1.85 bits per heavy atom. The molecule has 0 spiro atoms. The number of carboxylic acids is 1. The zero-order valence-corrected chi connectivity index (χ0v) is 12.4. The summed E-state index contributed by atoms with van der Waals surface area (Å²) in [6.07, 6.45) is 5.20. The highest BCUT2D eigenvalue weighted by Gasteiger charge is 2.17. The van der Waals surface area contributed by atoms with E-state index >= 15 is 0 Å². The van der Waals surface area contributed by atoms with Gasteiger partial charge in [0.2, 0.25) is 0 Å². The van der Waals surface area contributed by atoms with E-state index in [9.17, 15) is 4.79 Å². The highest BCUT2D eigenvalue weighted by Crippen LogP contribution is 2.23. The third kappa shape index (κ3) is 4.07. The Bertz CT molecular complexity index is 433. The van der Waals surface area contributed by atoms with Gasteiger partial charge in [0.25, 0.3) is 0 Å². The lowest BCUT2D eigenvalue weighted by Gasteiger charge is -2.27. The van der Waals surface area contributed by atoms with Crippen molar-refractivity contribution in [2.24, 2.45) is 5.92 Å². The molecule has 1 aliphatic rings. The minimum absolute atomic E-state index is 0.433. The highest BCUT2D eigenvalue weighted by atomic mass is 16.4. The first-order valence-electron chi connectivity index (χ1n) is 7.61. The van der Waals surface area contributed by atoms with Crippen molar-refractivity contribution in [2.45, 2.75) is 58.0 Å². The number of nitrogens with one attached hydrogen (secondary N) is 1. The monoisotopic (exact) mass is 275 g/mol. The smallest absolute Gasteiger partial charge is 0.310 e. The van der Waals surface area contributed by atoms with Gasteiger partial charge >= 0.3 is 5.97 Å². The van der Waals surface area contributed by atoms with Gasteiger partial charge in [0.05, 0.1) is 5.92 Å². The molecule has 1 fully saturated rings. The van der Waals surface area contributed by atoms with E-state index in [1.165, 1.54) is 31.2 Å². The molecule has 1 aromatic carbocycles. The fourth-order valence-electron chi connectivity index (χ4n) is 2.79. The van der Waals surface area contributed by atoms with Crippen molar-refractivity contribution in [1.82, 2.24) is 5.32 Å². The number of hydrogen-bond acceptors (Lipinski definition) is 2. The van der Waals surface area contributed by atoms with E-state index in [1.54, 1.807) is 6.92 Å². The first-order chi connectivity index (χ1) is 9.56. The molecule has 0 radical (unpaired) electrons. The van der Waals surface area contributed by atoms with Crippen LogP contribution in [-0.4, -0.2) is 17.1 Å². The largest absolute Gasteiger partial charge is 0.481 e. The van der Waals surface area contributed by atoms with Gasteiger partial charge < -0.3 is 10.4 Å². The molecule has 0 bridgehead atoms. The number of hydrogen-bond donors (Lipinski definition) is 2. The quantitative estimate of drug-likeness (QED) is 0.864. The summed E-state index contributed by atoms with van der Waals surface area (Å²) in [6.45, 7) is 4.93. The van der Waals surface area contributed by atoms with Gasteiger partial charge in [-0.05, 0) is 49.7 Å². The maximum absolute atomic E-state index is 10.9. The van der Waals surface area contributed by atoms with Crippen LogP contribution in [0, 0.1) is 5.92 Å². The Balaban J connectivity index is 1.83. The SMILES string of the molecule is CC1CCC(NCc2ccc(C(C)C(=O)O)cc2)CC1. The first-order valence-corrected chi connectivity index (χ1v) is 7.61. The molecule has 0 heterocycles. The summed E-state index contributed by atoms with van der Waals surface area (Å²) >= 11 is 0. The van der Waals surface area contributed by atoms with Crippen LogP contribution < -0.4 is 5.32 Å². The Labute approximate surface area is 121 Å². The minimum Gasteiger partial charge on any atom is -0.481 e. The van der Waals surface area contributed by atoms with Crippen molar-refractivity contribution < 1.29 is 9.90 Å². The molecule has 3 heteroatoms. The zero-order chi connectivity index (χ0) is 14.5. The zero-order valence-electron chi connectivity index (χ0n) is 12.4. The molecular formula is C17H25NO2. The molecule has 0 aromatic heterocycles. The molecule has 1 unspecified atom stereocenters. The van der Waals surface area contributed by atoms with Crippen LogP contribution in [0.5, 0.6) is 0 Å². The fourth-order valence-corrected chi connectivity index (χ4v) is 2.79. The van der Waals surface area contributed by atoms with E-state index in [4.69, 9.17) is 5.11 Å². The maximum Gasteiger partial charge on any atom is 0.310 e. The van der Waals surface area contributed by atoms with Crippen LogP contribution in [-0.2, 0) is 11.3 Å². The van der Waals surface area contributed by atoms with Gasteiger partial charge in [0.1, 0.15) is 0 Å². The topological polar surface area (TPSA) is 49.3 Å². The minimum atomic E-state index is -0.771. The lowest BCUT2D eigenvalue weighted by Crippen LogP contribution is -2.32. The lowest BCUT2D eigenvalue weighted by molar-refractivity contribution is -0.138. The second kappa shape index (κ2) is 6.89. The molecule has 2 N–H and O–H groups in total. The second-order valence-electron chi connectivity index (χ2n) is 6.14. The molecular weight excluding hydrogens is 250 g/mol. The Morgan fingerprint density at radius 1 is 1.25 bits per heavy atom. The van der Waals surface area contributed by atoms with Crippen molar-refractivity contribution in [3.05, 3.63) is 35.4 Å². The summed E-state index contributed by atoms with van der Waals surface area (Å²) < 4.78 is 0. The van der Waals surface area contributed by atoms with Crippen molar-refractivity contribution in [3.8, 4) is 0 Å². The molecule has 3 nitrogen and oxygen atoms in total. The Morgan fingerprint density at radius 3 is 2.40 bits per heavy atom. The van der Waals surface area contributed by atoms with Crippen LogP contribution in [0.25, 0.3) is 0 Å². The van der Waals surface area contributed by atoms with Crippen molar-refractivity contribution in [1.29, 1.82) is 0 Å². The Kier molecular flexibility index (Phi) is 5.18. The van der Waals surface area contributed by atoms with Crippen molar-refractivity contribution in [2.75, 3.05) is 0 Å². The van der Waals surface area contributed by atoms with E-state index in [1.807, 2.05) is 24.3 Å². The van der Waals surface area contributed by atoms with E-state index in [0.29, 0.717) is 6.04 Å². The molecule has 1 aromatic rings. The maximum atomic E-state index is 10.9. The summed E-state index contributed by atoms with van der Waals surface area (Å²) in [5, 5.41) is 12.6. The predicted octanol–water partition coefficient (Wildman–Crippen LogP) is 3.54. The van der Waals surface area contributed by atoms with Gasteiger partial charge in [-0.1, -0.05) is 31.2 Å². The van der Waals surface area contributed by atoms with Gasteiger partial charge in [-0.25, -0.2) is 0 Å². The number of carbonyl (C=O) groups is 1. The lowest BCUT2D eigenvalue weighted by atomic mass is 9.87. The summed E-state index contributed by atoms with van der Waals surface area (Å²) in [7, 11) is 0. The summed E-state index contributed by atoms with van der Waals surface area (Å²) in [6, 6.07) is 8.57. The fraction of sp³-hybridized carbons (Fsp3) is 0.588. The highest BCUT2D eigenvalue weighted by molar-refractivity contribution is 5.75. The van der Waals surface area contributed by atoms with Crippen LogP contribution >= 0.6 is 0 Å². The molecule has 0 saturated heterocycles. The van der Waals surface area contributed by atoms with E-state index in [2.05, 4.69) is 12.2 Å². The molecule has 1 atom stereocenters. The van der Waals surface area contributed by atoms with Gasteiger partial charge in [0.15, 0.2) is 0 Å². The van der Waals surface area contributed by atoms with Crippen molar-refractivity contribution in [3.63, 3.8) is 0 Å². The summed E-state index contributed by atoms with van der Waals surface area (Å²) in [5.41, 5.74) is 2.10. The molecule has 0 amide bonds. The standard InChI is InChI=1S/C17H25NO2/c1-12-3-9-16(10-4-12)18-11-14-5-7-15(8-6-14)13(2)17(19)20/h5-8,12-13,16,18H,3-4,9-11H2,1-2H3,(H,19,20). The van der Waals surface area contributed by atoms with Gasteiger partial charge in [-0.2, -0.15) is 0 Å². The predicted molar refractivity (Wildman–Crippen MR) is 80.8 cm³/mol. The first kappa shape index (κ1) is 15.0. The van der Waals surface area contributed by atoms with Crippen LogP contribution in [0.4, 0.5) is 0 Å². The van der Waals surface area contributed by atoms with Gasteiger partial charge in [0, 0.05) is 12.6 Å². The average Bonchev–Trinajstić information content (AvgIpc) is 2.46. The molecule has 20 heavy (non-hydrogen) atoms. The van der Waals surface area contributed by atoms with Crippen LogP contribution in [0.3, 0.4) is 0 Å². The van der Waals surface area contributed by atoms with E-state index in [0.717, 1.165) is 18.0 Å². The van der Waals surface area contributed by atoms with E-state index in [-0.39, 0.29) is 0 Å². The third-order valence-electron chi connectivity index (χ3n) is 4.46. The second-order valence-corrected chi connectivity index (χ2v) is 6.14. The van der Waals surface area contributed by atoms with E-state index < -0.39 is 11.9 Å².